The van der Waals surface area contributed by atoms with E-state index < -0.39 is 0 Å². The molecule has 6 nitrogen and oxygen atoms in total. The highest BCUT2D eigenvalue weighted by Crippen LogP contribution is 2.39. The third-order valence-corrected chi connectivity index (χ3v) is 5.83. The third-order valence-electron chi connectivity index (χ3n) is 5.83. The molecule has 1 unspecified atom stereocenters. The molecule has 0 saturated heterocycles. The Balaban J connectivity index is 1.42. The highest BCUT2D eigenvalue weighted by atomic mass is 16.5. The minimum Gasteiger partial charge on any atom is -0.497 e. The molecule has 2 aromatic heterocycles. The lowest BCUT2D eigenvalue weighted by Crippen LogP contribution is -2.29. The number of carbonyl (C=O) groups is 1. The molecule has 6 heteroatoms. The van der Waals surface area contributed by atoms with Crippen LogP contribution < -0.4 is 10.1 Å². The molecular formula is C24H24N4O2. The summed E-state index contributed by atoms with van der Waals surface area (Å²) in [5.41, 5.74) is 4.85. The van der Waals surface area contributed by atoms with Crippen LogP contribution in [0.4, 0.5) is 0 Å². The monoisotopic (exact) mass is 400 g/mol. The van der Waals surface area contributed by atoms with Crippen molar-refractivity contribution >= 4 is 16.8 Å². The highest BCUT2D eigenvalue weighted by Gasteiger charge is 2.27. The fourth-order valence-electron chi connectivity index (χ4n) is 3.97. The molecule has 1 atom stereocenters. The van der Waals surface area contributed by atoms with Gasteiger partial charge in [0.25, 0.3) is 5.91 Å². The number of aromatic amines is 2. The Bertz CT molecular complexity index is 1170. The van der Waals surface area contributed by atoms with Gasteiger partial charge in [0.2, 0.25) is 0 Å². The average molecular weight is 400 g/mol. The van der Waals surface area contributed by atoms with E-state index in [0.29, 0.717) is 18.2 Å². The molecule has 0 bridgehead atoms. The van der Waals surface area contributed by atoms with Crippen LogP contribution in [0.15, 0.2) is 60.8 Å². The topological polar surface area (TPSA) is 82.8 Å². The van der Waals surface area contributed by atoms with Gasteiger partial charge in [0.1, 0.15) is 11.4 Å². The number of fused-ring (bicyclic) bond motifs is 1. The number of amides is 1. The number of rotatable bonds is 7. The van der Waals surface area contributed by atoms with E-state index in [4.69, 9.17) is 4.74 Å². The van der Waals surface area contributed by atoms with Crippen molar-refractivity contribution in [2.75, 3.05) is 13.7 Å². The van der Waals surface area contributed by atoms with E-state index in [0.717, 1.165) is 33.5 Å². The number of carbonyl (C=O) groups excluding carboxylic acids is 1. The second kappa shape index (κ2) is 7.71. The first-order valence-electron chi connectivity index (χ1n) is 10.3. The summed E-state index contributed by atoms with van der Waals surface area (Å²) in [6.07, 6.45) is 4.37. The van der Waals surface area contributed by atoms with Crippen LogP contribution in [-0.2, 0) is 0 Å². The second-order valence-electron chi connectivity index (χ2n) is 7.81. The Kier molecular flexibility index (Phi) is 4.75. The van der Waals surface area contributed by atoms with E-state index in [1.807, 2.05) is 36.5 Å². The lowest BCUT2D eigenvalue weighted by atomic mass is 9.90. The number of ether oxygens (including phenoxy) is 1. The van der Waals surface area contributed by atoms with Crippen LogP contribution in [-0.4, -0.2) is 34.7 Å². The van der Waals surface area contributed by atoms with Gasteiger partial charge in [-0.1, -0.05) is 30.3 Å². The van der Waals surface area contributed by atoms with Crippen molar-refractivity contribution in [2.24, 2.45) is 0 Å². The highest BCUT2D eigenvalue weighted by molar-refractivity contribution is 5.92. The molecule has 1 saturated carbocycles. The summed E-state index contributed by atoms with van der Waals surface area (Å²) in [6, 6.07) is 18.1. The van der Waals surface area contributed by atoms with Crippen LogP contribution in [0.1, 0.15) is 52.0 Å². The largest absolute Gasteiger partial charge is 0.497 e. The Labute approximate surface area is 174 Å². The Morgan fingerprint density at radius 2 is 2.00 bits per heavy atom. The van der Waals surface area contributed by atoms with Gasteiger partial charge in [-0.25, -0.2) is 0 Å². The Morgan fingerprint density at radius 3 is 2.77 bits per heavy atom. The molecule has 0 aliphatic heterocycles. The molecule has 1 aliphatic rings. The predicted octanol–water partition coefficient (Wildman–Crippen LogP) is 4.34. The van der Waals surface area contributed by atoms with Crippen molar-refractivity contribution in [3.63, 3.8) is 0 Å². The van der Waals surface area contributed by atoms with E-state index in [2.05, 4.69) is 44.8 Å². The molecule has 2 aromatic carbocycles. The summed E-state index contributed by atoms with van der Waals surface area (Å²) >= 11 is 0. The van der Waals surface area contributed by atoms with E-state index in [1.54, 1.807) is 7.11 Å². The molecule has 1 fully saturated rings. The standard InChI is InChI=1S/C24H24N4O2/c1-30-17-10-8-15(9-11-17)19(20-14-25-21-5-3-2-4-18(20)21)13-26-24(29)23-12-22(27-28-23)16-6-7-16/h2-5,8-12,14,16,19,25H,6-7,13H2,1H3,(H,26,29)(H,27,28). The van der Waals surface area contributed by atoms with E-state index in [-0.39, 0.29) is 11.8 Å². The quantitative estimate of drug-likeness (QED) is 0.432. The molecule has 0 spiro atoms. The maximum atomic E-state index is 12.7. The first kappa shape index (κ1) is 18.5. The molecule has 152 valence electrons. The minimum absolute atomic E-state index is 0.00199. The average Bonchev–Trinajstić information content (AvgIpc) is 3.36. The van der Waals surface area contributed by atoms with Gasteiger partial charge in [-0.3, -0.25) is 9.89 Å². The van der Waals surface area contributed by atoms with Crippen molar-refractivity contribution in [2.45, 2.75) is 24.7 Å². The van der Waals surface area contributed by atoms with Crippen molar-refractivity contribution in [1.29, 1.82) is 0 Å². The minimum atomic E-state index is -0.156. The molecular weight excluding hydrogens is 376 g/mol. The zero-order valence-electron chi connectivity index (χ0n) is 16.8. The molecule has 1 aliphatic carbocycles. The maximum Gasteiger partial charge on any atom is 0.271 e. The molecule has 4 aromatic rings. The van der Waals surface area contributed by atoms with Crippen LogP contribution >= 0.6 is 0 Å². The van der Waals surface area contributed by atoms with E-state index in [1.165, 1.54) is 12.8 Å². The SMILES string of the molecule is COc1ccc(C(CNC(=O)c2cc(C3CC3)[nH]n2)c2c[nH]c3ccccc23)cc1. The van der Waals surface area contributed by atoms with Gasteiger partial charge in [0, 0.05) is 41.2 Å². The predicted molar refractivity (Wildman–Crippen MR) is 116 cm³/mol. The molecule has 1 amide bonds. The lowest BCUT2D eigenvalue weighted by molar-refractivity contribution is 0.0947. The summed E-state index contributed by atoms with van der Waals surface area (Å²) in [6.45, 7) is 0.471. The smallest absolute Gasteiger partial charge is 0.271 e. The number of nitrogens with zero attached hydrogens (tertiary/aromatic N) is 1. The number of methoxy groups -OCH3 is 1. The van der Waals surface area contributed by atoms with Gasteiger partial charge in [-0.15, -0.1) is 0 Å². The molecule has 5 rings (SSSR count). The van der Waals surface area contributed by atoms with Gasteiger partial charge >= 0.3 is 0 Å². The van der Waals surface area contributed by atoms with Gasteiger partial charge in [0.05, 0.1) is 7.11 Å². The number of nitrogens with one attached hydrogen (secondary N) is 3. The number of H-pyrrole nitrogens is 2. The van der Waals surface area contributed by atoms with Gasteiger partial charge in [-0.05, 0) is 48.2 Å². The Hall–Kier alpha value is -3.54. The van der Waals surface area contributed by atoms with Gasteiger partial charge in [0.15, 0.2) is 0 Å². The van der Waals surface area contributed by atoms with Gasteiger partial charge in [-0.2, -0.15) is 5.10 Å². The number of benzene rings is 2. The van der Waals surface area contributed by atoms with Crippen molar-refractivity contribution in [3.05, 3.63) is 83.3 Å². The molecule has 0 radical (unpaired) electrons. The van der Waals surface area contributed by atoms with Crippen LogP contribution in [0.3, 0.4) is 0 Å². The van der Waals surface area contributed by atoms with Crippen LogP contribution in [0, 0.1) is 0 Å². The fourth-order valence-corrected chi connectivity index (χ4v) is 3.97. The fraction of sp³-hybridized carbons (Fsp3) is 0.250. The Morgan fingerprint density at radius 1 is 1.20 bits per heavy atom. The molecule has 3 N–H and O–H groups in total. The third kappa shape index (κ3) is 3.56. The molecule has 30 heavy (non-hydrogen) atoms. The summed E-state index contributed by atoms with van der Waals surface area (Å²) in [4.78, 5) is 16.1. The van der Waals surface area contributed by atoms with Crippen LogP contribution in [0.5, 0.6) is 5.75 Å². The first-order valence-corrected chi connectivity index (χ1v) is 10.3. The summed E-state index contributed by atoms with van der Waals surface area (Å²) in [5.74, 6) is 1.19. The summed E-state index contributed by atoms with van der Waals surface area (Å²) in [5, 5.41) is 11.4. The normalized spacial score (nSPS) is 14.6. The van der Waals surface area contributed by atoms with Gasteiger partial charge < -0.3 is 15.0 Å². The van der Waals surface area contributed by atoms with E-state index in [9.17, 15) is 4.79 Å². The van der Waals surface area contributed by atoms with Crippen LogP contribution in [0.25, 0.3) is 10.9 Å². The number of hydrogen-bond donors (Lipinski definition) is 3. The van der Waals surface area contributed by atoms with Crippen LogP contribution in [0.2, 0.25) is 0 Å². The van der Waals surface area contributed by atoms with Crippen molar-refractivity contribution in [3.8, 4) is 5.75 Å². The summed E-state index contributed by atoms with van der Waals surface area (Å²) in [7, 11) is 1.66. The number of aromatic nitrogens is 3. The zero-order valence-corrected chi connectivity index (χ0v) is 16.8. The molecule has 2 heterocycles. The maximum absolute atomic E-state index is 12.7. The number of para-hydroxylation sites is 1. The first-order chi connectivity index (χ1) is 14.7. The second-order valence-corrected chi connectivity index (χ2v) is 7.81. The van der Waals surface area contributed by atoms with Crippen molar-refractivity contribution in [1.82, 2.24) is 20.5 Å². The van der Waals surface area contributed by atoms with E-state index >= 15 is 0 Å². The summed E-state index contributed by atoms with van der Waals surface area (Å²) < 4.78 is 5.30. The van der Waals surface area contributed by atoms with Crippen molar-refractivity contribution < 1.29 is 9.53 Å². The number of hydrogen-bond acceptors (Lipinski definition) is 3. The zero-order chi connectivity index (χ0) is 20.5. The lowest BCUT2D eigenvalue weighted by Gasteiger charge is -2.18.